The summed E-state index contributed by atoms with van der Waals surface area (Å²) in [6.07, 6.45) is 3.92. The van der Waals surface area contributed by atoms with Gasteiger partial charge >= 0.3 is 12.0 Å². The van der Waals surface area contributed by atoms with E-state index in [0.717, 1.165) is 36.9 Å². The summed E-state index contributed by atoms with van der Waals surface area (Å²) in [5, 5.41) is 15.6. The van der Waals surface area contributed by atoms with E-state index < -0.39 is 5.97 Å². The fraction of sp³-hybridized carbons (Fsp3) is 0.652. The smallest absolute Gasteiger partial charge is 0.318 e. The van der Waals surface area contributed by atoms with Gasteiger partial charge in [-0.05, 0) is 70.4 Å². The van der Waals surface area contributed by atoms with E-state index in [1.807, 2.05) is 29.2 Å². The molecule has 30 heavy (non-hydrogen) atoms. The van der Waals surface area contributed by atoms with Crippen LogP contribution in [0.5, 0.6) is 0 Å². The first-order chi connectivity index (χ1) is 13.5. The van der Waals surface area contributed by atoms with Crippen LogP contribution in [0, 0.1) is 5.92 Å². The molecule has 2 amide bonds. The number of aliphatic carboxylic acids is 1. The molecule has 2 fully saturated rings. The zero-order valence-corrected chi connectivity index (χ0v) is 19.3. The molecule has 168 valence electrons. The number of carbonyl (C=O) groups excluding carboxylic acids is 1. The van der Waals surface area contributed by atoms with E-state index in [1.54, 1.807) is 0 Å². The minimum Gasteiger partial charge on any atom is -0.481 e. The highest BCUT2D eigenvalue weighted by molar-refractivity contribution is 5.85. The molecule has 0 spiro atoms. The molecule has 1 aromatic carbocycles. The number of halogens is 1. The monoisotopic (exact) mass is 437 g/mol. The average Bonchev–Trinajstić information content (AvgIpc) is 2.96. The van der Waals surface area contributed by atoms with Crippen molar-refractivity contribution in [1.29, 1.82) is 0 Å². The fourth-order valence-corrected chi connectivity index (χ4v) is 5.31. The molecule has 2 aliphatic rings. The van der Waals surface area contributed by atoms with Crippen LogP contribution < -0.4 is 10.6 Å². The van der Waals surface area contributed by atoms with Crippen molar-refractivity contribution in [2.24, 2.45) is 5.92 Å². The number of nitrogens with zero attached hydrogens (tertiary/aromatic N) is 1. The summed E-state index contributed by atoms with van der Waals surface area (Å²) in [5.41, 5.74) is 2.35. The van der Waals surface area contributed by atoms with Gasteiger partial charge in [-0.2, -0.15) is 0 Å². The molecule has 2 saturated heterocycles. The van der Waals surface area contributed by atoms with Gasteiger partial charge in [0, 0.05) is 30.6 Å². The zero-order valence-electron chi connectivity index (χ0n) is 18.5. The minimum atomic E-state index is -0.782. The average molecular weight is 438 g/mol. The van der Waals surface area contributed by atoms with E-state index in [2.05, 4.69) is 38.3 Å². The molecule has 3 rings (SSSR count). The van der Waals surface area contributed by atoms with Gasteiger partial charge < -0.3 is 20.6 Å². The molecule has 0 radical (unpaired) electrons. The fourth-order valence-electron chi connectivity index (χ4n) is 5.31. The van der Waals surface area contributed by atoms with E-state index in [1.165, 1.54) is 0 Å². The summed E-state index contributed by atoms with van der Waals surface area (Å²) in [4.78, 5) is 25.2. The summed E-state index contributed by atoms with van der Waals surface area (Å²) >= 11 is 0. The Balaban J connectivity index is 0.00000320. The third-order valence-corrected chi connectivity index (χ3v) is 6.13. The number of urea groups is 1. The van der Waals surface area contributed by atoms with E-state index in [4.69, 9.17) is 5.11 Å². The predicted molar refractivity (Wildman–Crippen MR) is 121 cm³/mol. The van der Waals surface area contributed by atoms with Crippen LogP contribution in [-0.4, -0.2) is 46.2 Å². The Bertz CT molecular complexity index is 733. The minimum absolute atomic E-state index is 0. The maximum Gasteiger partial charge on any atom is 0.318 e. The third kappa shape index (κ3) is 6.35. The van der Waals surface area contributed by atoms with E-state index in [9.17, 15) is 9.59 Å². The van der Waals surface area contributed by atoms with Gasteiger partial charge in [-0.25, -0.2) is 4.79 Å². The lowest BCUT2D eigenvalue weighted by Crippen LogP contribution is -2.58. The first kappa shape index (κ1) is 24.5. The standard InChI is InChI=1S/C23H35N3O3.ClH/c1-22(2)13-17(14-23(3,4)25-22)11-12-26-19(15-24-21(26)29)18-8-5-16(6-9-18)7-10-20(27)28;/h5-6,8-9,17,19,25H,7,10-15H2,1-4H3,(H,24,29)(H,27,28);1H. The van der Waals surface area contributed by atoms with E-state index in [-0.39, 0.29) is 42.0 Å². The summed E-state index contributed by atoms with van der Waals surface area (Å²) in [6, 6.07) is 8.09. The molecule has 0 bridgehead atoms. The highest BCUT2D eigenvalue weighted by Crippen LogP contribution is 2.35. The van der Waals surface area contributed by atoms with Gasteiger partial charge in [-0.1, -0.05) is 24.3 Å². The number of hydrogen-bond donors (Lipinski definition) is 3. The zero-order chi connectivity index (χ0) is 21.2. The number of nitrogens with one attached hydrogen (secondary N) is 2. The number of carboxylic acids is 1. The normalized spacial score (nSPS) is 23.0. The predicted octanol–water partition coefficient (Wildman–Crippen LogP) is 4.14. The largest absolute Gasteiger partial charge is 0.481 e. The number of benzene rings is 1. The Kier molecular flexibility index (Phi) is 7.80. The molecule has 2 heterocycles. The van der Waals surface area contributed by atoms with Crippen molar-refractivity contribution in [3.05, 3.63) is 35.4 Å². The van der Waals surface area contributed by atoms with Crippen LogP contribution in [-0.2, 0) is 11.2 Å². The van der Waals surface area contributed by atoms with Gasteiger partial charge in [0.1, 0.15) is 0 Å². The molecule has 6 nitrogen and oxygen atoms in total. The number of rotatable bonds is 7. The molecule has 0 aromatic heterocycles. The molecule has 3 N–H and O–H groups in total. The number of amides is 2. The lowest BCUT2D eigenvalue weighted by molar-refractivity contribution is -0.136. The van der Waals surface area contributed by atoms with Crippen LogP contribution in [0.15, 0.2) is 24.3 Å². The number of hydrogen-bond acceptors (Lipinski definition) is 3. The molecule has 0 aliphatic carbocycles. The lowest BCUT2D eigenvalue weighted by Gasteiger charge is -2.47. The van der Waals surface area contributed by atoms with Crippen LogP contribution in [0.3, 0.4) is 0 Å². The Labute approximate surface area is 186 Å². The quantitative estimate of drug-likeness (QED) is 0.598. The summed E-state index contributed by atoms with van der Waals surface area (Å²) in [5.74, 6) is -0.191. The van der Waals surface area contributed by atoms with Gasteiger partial charge in [0.2, 0.25) is 0 Å². The molecule has 1 aromatic rings. The van der Waals surface area contributed by atoms with Crippen LogP contribution in [0.2, 0.25) is 0 Å². The van der Waals surface area contributed by atoms with Gasteiger partial charge in [0.05, 0.1) is 6.04 Å². The number of carboxylic acid groups (broad SMARTS) is 1. The van der Waals surface area contributed by atoms with Gasteiger partial charge in [0.25, 0.3) is 0 Å². The van der Waals surface area contributed by atoms with E-state index >= 15 is 0 Å². The van der Waals surface area contributed by atoms with Crippen molar-refractivity contribution in [1.82, 2.24) is 15.5 Å². The second-order valence-corrected chi connectivity index (χ2v) is 9.99. The third-order valence-electron chi connectivity index (χ3n) is 6.13. The van der Waals surface area contributed by atoms with E-state index in [0.29, 0.717) is 18.9 Å². The Hall–Kier alpha value is -1.79. The van der Waals surface area contributed by atoms with Crippen molar-refractivity contribution >= 4 is 24.4 Å². The highest BCUT2D eigenvalue weighted by atomic mass is 35.5. The number of carbonyl (C=O) groups is 2. The molecular formula is C23H36ClN3O3. The summed E-state index contributed by atoms with van der Waals surface area (Å²) in [6.45, 7) is 10.4. The molecule has 0 saturated carbocycles. The maximum absolute atomic E-state index is 12.5. The molecule has 7 heteroatoms. The van der Waals surface area contributed by atoms with Crippen LogP contribution in [0.4, 0.5) is 4.79 Å². The van der Waals surface area contributed by atoms with Crippen molar-refractivity contribution in [2.45, 2.75) is 76.9 Å². The first-order valence-corrected chi connectivity index (χ1v) is 10.7. The Morgan fingerprint density at radius 3 is 2.30 bits per heavy atom. The van der Waals surface area contributed by atoms with Gasteiger partial charge in [0.15, 0.2) is 0 Å². The van der Waals surface area contributed by atoms with Crippen molar-refractivity contribution < 1.29 is 14.7 Å². The number of aryl methyl sites for hydroxylation is 1. The van der Waals surface area contributed by atoms with Gasteiger partial charge in [-0.15, -0.1) is 12.4 Å². The molecule has 2 aliphatic heterocycles. The van der Waals surface area contributed by atoms with Crippen LogP contribution >= 0.6 is 12.4 Å². The Morgan fingerprint density at radius 2 is 1.73 bits per heavy atom. The molecule has 1 unspecified atom stereocenters. The second kappa shape index (κ2) is 9.56. The highest BCUT2D eigenvalue weighted by Gasteiger charge is 2.38. The topological polar surface area (TPSA) is 81.7 Å². The van der Waals surface area contributed by atoms with Crippen LogP contribution in [0.25, 0.3) is 0 Å². The summed E-state index contributed by atoms with van der Waals surface area (Å²) < 4.78 is 0. The van der Waals surface area contributed by atoms with Crippen molar-refractivity contribution in [3.63, 3.8) is 0 Å². The second-order valence-electron chi connectivity index (χ2n) is 9.99. The summed E-state index contributed by atoms with van der Waals surface area (Å²) in [7, 11) is 0. The van der Waals surface area contributed by atoms with Crippen molar-refractivity contribution in [3.8, 4) is 0 Å². The lowest BCUT2D eigenvalue weighted by atomic mass is 9.74. The molecular weight excluding hydrogens is 402 g/mol. The first-order valence-electron chi connectivity index (χ1n) is 10.7. The van der Waals surface area contributed by atoms with Crippen molar-refractivity contribution in [2.75, 3.05) is 13.1 Å². The Morgan fingerprint density at radius 1 is 1.13 bits per heavy atom. The number of piperidine rings is 1. The maximum atomic E-state index is 12.5. The van der Waals surface area contributed by atoms with Gasteiger partial charge in [-0.3, -0.25) is 4.79 Å². The van der Waals surface area contributed by atoms with Crippen LogP contribution in [0.1, 0.15) is 70.5 Å². The SMILES string of the molecule is CC1(C)CC(CCN2C(=O)NCC2c2ccc(CCC(=O)O)cc2)CC(C)(C)N1.Cl. The molecule has 1 atom stereocenters.